The molecule has 0 atom stereocenters. The minimum absolute atomic E-state index is 0.241. The summed E-state index contributed by atoms with van der Waals surface area (Å²) >= 11 is 0. The summed E-state index contributed by atoms with van der Waals surface area (Å²) in [4.78, 5) is 15.3. The van der Waals surface area contributed by atoms with Crippen molar-refractivity contribution in [2.24, 2.45) is 0 Å². The molecule has 27 heavy (non-hydrogen) atoms. The van der Waals surface area contributed by atoms with Gasteiger partial charge in [-0.25, -0.2) is 0 Å². The summed E-state index contributed by atoms with van der Waals surface area (Å²) in [5, 5.41) is 0.241. The number of nitrogens with zero attached hydrogens (tertiary/aromatic N) is 1. The Morgan fingerprint density at radius 3 is 1.89 bits per heavy atom. The summed E-state index contributed by atoms with van der Waals surface area (Å²) < 4.78 is 6.23. The van der Waals surface area contributed by atoms with E-state index in [2.05, 4.69) is 38.8 Å². The average Bonchev–Trinajstić information content (AvgIpc) is 2.62. The van der Waals surface area contributed by atoms with E-state index in [1.54, 1.807) is 0 Å². The van der Waals surface area contributed by atoms with E-state index in [0.717, 1.165) is 13.0 Å². The molecule has 0 bridgehead atoms. The van der Waals surface area contributed by atoms with Crippen molar-refractivity contribution >= 4 is 14.2 Å². The summed E-state index contributed by atoms with van der Waals surface area (Å²) in [6, 6.07) is 0.949. The minimum Gasteiger partial charge on any atom is -0.417 e. The van der Waals surface area contributed by atoms with Crippen molar-refractivity contribution in [2.75, 3.05) is 6.61 Å². The maximum Gasteiger partial charge on any atom is 0.246 e. The number of carbonyl (C=O) groups is 1. The molecule has 0 unspecified atom stereocenters. The van der Waals surface area contributed by atoms with Crippen LogP contribution in [0.3, 0.4) is 0 Å². The molecule has 0 saturated heterocycles. The fourth-order valence-electron chi connectivity index (χ4n) is 4.25. The van der Waals surface area contributed by atoms with Gasteiger partial charge in [-0.1, -0.05) is 65.4 Å². The predicted octanol–water partition coefficient (Wildman–Crippen LogP) is 6.45. The van der Waals surface area contributed by atoms with Gasteiger partial charge < -0.3 is 9.33 Å². The Morgan fingerprint density at radius 2 is 1.44 bits per heavy atom. The first-order valence-corrected chi connectivity index (χ1v) is 14.3. The summed E-state index contributed by atoms with van der Waals surface area (Å²) in [6.07, 6.45) is 17.3. The van der Waals surface area contributed by atoms with Crippen molar-refractivity contribution in [1.29, 1.82) is 0 Å². The van der Waals surface area contributed by atoms with Gasteiger partial charge in [0, 0.05) is 18.7 Å². The molecule has 2 rings (SSSR count). The van der Waals surface area contributed by atoms with E-state index in [0.29, 0.717) is 12.1 Å². The molecule has 0 aromatic carbocycles. The molecule has 0 heterocycles. The van der Waals surface area contributed by atoms with Crippen molar-refractivity contribution < 1.29 is 9.22 Å². The second-order valence-corrected chi connectivity index (χ2v) is 14.9. The zero-order valence-electron chi connectivity index (χ0n) is 18.6. The average molecular weight is 394 g/mol. The zero-order chi connectivity index (χ0) is 19.9. The summed E-state index contributed by atoms with van der Waals surface area (Å²) in [5.41, 5.74) is 0. The smallest absolute Gasteiger partial charge is 0.246 e. The topological polar surface area (TPSA) is 29.5 Å². The quantitative estimate of drug-likeness (QED) is 0.282. The first-order valence-electron chi connectivity index (χ1n) is 11.4. The fourth-order valence-corrected chi connectivity index (χ4v) is 5.31. The van der Waals surface area contributed by atoms with E-state index in [-0.39, 0.29) is 10.9 Å². The van der Waals surface area contributed by atoms with Crippen LogP contribution >= 0.6 is 0 Å². The molecule has 0 aromatic heterocycles. The van der Waals surface area contributed by atoms with Gasteiger partial charge >= 0.3 is 0 Å². The normalized spacial score (nSPS) is 20.9. The van der Waals surface area contributed by atoms with Crippen molar-refractivity contribution in [3.8, 4) is 0 Å². The van der Waals surface area contributed by atoms with Crippen LogP contribution in [0.2, 0.25) is 18.1 Å². The highest BCUT2D eigenvalue weighted by atomic mass is 28.4. The van der Waals surface area contributed by atoms with Crippen LogP contribution in [0.4, 0.5) is 0 Å². The molecule has 2 aliphatic carbocycles. The van der Waals surface area contributed by atoms with Crippen molar-refractivity contribution in [3.05, 3.63) is 12.2 Å². The van der Waals surface area contributed by atoms with E-state index in [1.165, 1.54) is 64.2 Å². The molecule has 1 amide bonds. The van der Waals surface area contributed by atoms with E-state index in [9.17, 15) is 4.79 Å². The van der Waals surface area contributed by atoms with Crippen LogP contribution in [0.25, 0.3) is 0 Å². The molecule has 2 fully saturated rings. The van der Waals surface area contributed by atoms with Gasteiger partial charge in [-0.2, -0.15) is 0 Å². The lowest BCUT2D eigenvalue weighted by molar-refractivity contribution is -0.132. The van der Waals surface area contributed by atoms with Gasteiger partial charge in [-0.05, 0) is 56.3 Å². The highest BCUT2D eigenvalue weighted by Gasteiger charge is 2.36. The third-order valence-electron chi connectivity index (χ3n) is 7.00. The number of hydrogen-bond donors (Lipinski definition) is 0. The number of hydrogen-bond acceptors (Lipinski definition) is 2. The summed E-state index contributed by atoms with van der Waals surface area (Å²) in [7, 11) is -1.69. The predicted molar refractivity (Wildman–Crippen MR) is 117 cm³/mol. The lowest BCUT2D eigenvalue weighted by Crippen LogP contribution is -2.48. The molecule has 156 valence electrons. The molecule has 3 nitrogen and oxygen atoms in total. The van der Waals surface area contributed by atoms with Gasteiger partial charge in [0.25, 0.3) is 0 Å². The number of carbonyl (C=O) groups excluding carboxylic acids is 1. The Morgan fingerprint density at radius 1 is 0.963 bits per heavy atom. The molecule has 2 saturated carbocycles. The van der Waals surface area contributed by atoms with Crippen molar-refractivity contribution in [3.63, 3.8) is 0 Å². The van der Waals surface area contributed by atoms with Gasteiger partial charge in [0.05, 0.1) is 0 Å². The van der Waals surface area contributed by atoms with Crippen LogP contribution < -0.4 is 0 Å². The molecule has 0 aromatic rings. The van der Waals surface area contributed by atoms with Crippen LogP contribution in [-0.2, 0) is 9.22 Å². The first kappa shape index (κ1) is 22.7. The maximum atomic E-state index is 13.1. The second kappa shape index (κ2) is 10.2. The van der Waals surface area contributed by atoms with Gasteiger partial charge in [-0.15, -0.1) is 0 Å². The summed E-state index contributed by atoms with van der Waals surface area (Å²) in [6.45, 7) is 12.1. The van der Waals surface area contributed by atoms with Gasteiger partial charge in [0.1, 0.15) is 0 Å². The molecular weight excluding hydrogens is 350 g/mol. The van der Waals surface area contributed by atoms with E-state index in [4.69, 9.17) is 4.43 Å². The molecule has 0 radical (unpaired) electrons. The van der Waals surface area contributed by atoms with Crippen LogP contribution in [0, 0.1) is 0 Å². The number of rotatable bonds is 7. The molecule has 4 heteroatoms. The van der Waals surface area contributed by atoms with E-state index < -0.39 is 8.32 Å². The Bertz CT molecular complexity index is 465. The summed E-state index contributed by atoms with van der Waals surface area (Å²) in [5.74, 6) is 0.251. The lowest BCUT2D eigenvalue weighted by Gasteiger charge is -2.41. The fraction of sp³-hybridized carbons (Fsp3) is 0.870. The Hall–Kier alpha value is -0.613. The van der Waals surface area contributed by atoms with Crippen LogP contribution in [0.15, 0.2) is 12.2 Å². The van der Waals surface area contributed by atoms with Crippen molar-refractivity contribution in [2.45, 2.75) is 122 Å². The van der Waals surface area contributed by atoms with Gasteiger partial charge in [-0.3, -0.25) is 4.79 Å². The minimum atomic E-state index is -1.69. The standard InChI is InChI=1S/C23H43NO2Si/c1-23(2,3)27(4,5)26-19-13-12-18-22(25)24(20-14-8-6-9-15-20)21-16-10-7-11-17-21/h12,18,20-21H,6-11,13-17,19H2,1-5H3/b18-12+. The highest BCUT2D eigenvalue weighted by molar-refractivity contribution is 6.74. The lowest BCUT2D eigenvalue weighted by atomic mass is 9.88. The Labute approximate surface area is 169 Å². The monoisotopic (exact) mass is 393 g/mol. The van der Waals surface area contributed by atoms with Crippen LogP contribution in [0.5, 0.6) is 0 Å². The maximum absolute atomic E-state index is 13.1. The highest BCUT2D eigenvalue weighted by Crippen LogP contribution is 2.36. The number of amides is 1. The molecular formula is C23H43NO2Si. The zero-order valence-corrected chi connectivity index (χ0v) is 19.6. The largest absolute Gasteiger partial charge is 0.417 e. The Balaban J connectivity index is 1.89. The molecule has 0 spiro atoms. The third kappa shape index (κ3) is 6.74. The van der Waals surface area contributed by atoms with Gasteiger partial charge in [0.2, 0.25) is 5.91 Å². The van der Waals surface area contributed by atoms with Crippen LogP contribution in [0.1, 0.15) is 91.4 Å². The molecule has 0 aliphatic heterocycles. The molecule has 2 aliphatic rings. The SMILES string of the molecule is CC(C)(C)[Si](C)(C)OCC/C=C/C(=O)N(C1CCCCC1)C1CCCCC1. The van der Waals surface area contributed by atoms with Gasteiger partial charge in [0.15, 0.2) is 8.32 Å². The third-order valence-corrected chi connectivity index (χ3v) is 11.5. The van der Waals surface area contributed by atoms with E-state index >= 15 is 0 Å². The van der Waals surface area contributed by atoms with Crippen molar-refractivity contribution in [1.82, 2.24) is 4.90 Å². The molecule has 0 N–H and O–H groups in total. The first-order chi connectivity index (χ1) is 12.7. The van der Waals surface area contributed by atoms with Crippen LogP contribution in [-0.4, -0.2) is 37.8 Å². The Kier molecular flexibility index (Phi) is 8.60. The second-order valence-electron chi connectivity index (χ2n) is 10.1. The van der Waals surface area contributed by atoms with E-state index in [1.807, 2.05) is 12.2 Å².